The molecule has 9 heteroatoms. The van der Waals surface area contributed by atoms with Crippen LogP contribution in [0.1, 0.15) is 10.4 Å². The molecule has 1 aliphatic heterocycles. The molecule has 0 unspecified atom stereocenters. The molecular formula is C23H21ClFN3OS3. The zero-order chi connectivity index (χ0) is 21.4. The van der Waals surface area contributed by atoms with Gasteiger partial charge in [0.2, 0.25) is 5.91 Å². The number of nitrogens with zero attached hydrogens (tertiary/aromatic N) is 2. The van der Waals surface area contributed by atoms with Crippen LogP contribution < -0.4 is 5.32 Å². The minimum Gasteiger partial charge on any atom is -0.316 e. The molecule has 2 aromatic heterocycles. The second-order valence-corrected chi connectivity index (χ2v) is 10.7. The molecule has 2 aromatic carbocycles. The number of benzene rings is 2. The quantitative estimate of drug-likeness (QED) is 0.323. The number of likely N-dealkylation sites (N-methyl/N-ethyl adjacent to an activating group) is 1. The Balaban J connectivity index is 0.00000245. The van der Waals surface area contributed by atoms with E-state index in [0.717, 1.165) is 50.2 Å². The molecule has 166 valence electrons. The maximum atomic E-state index is 13.1. The molecule has 0 aliphatic carbocycles. The summed E-state index contributed by atoms with van der Waals surface area (Å²) in [6.07, 6.45) is 0.952. The van der Waals surface area contributed by atoms with Gasteiger partial charge in [-0.1, -0.05) is 12.1 Å². The molecule has 0 bridgehead atoms. The third kappa shape index (κ3) is 4.84. The zero-order valence-electron chi connectivity index (χ0n) is 17.3. The van der Waals surface area contributed by atoms with Crippen molar-refractivity contribution in [3.63, 3.8) is 0 Å². The summed E-state index contributed by atoms with van der Waals surface area (Å²) in [4.78, 5) is 22.1. The van der Waals surface area contributed by atoms with Gasteiger partial charge in [0, 0.05) is 28.4 Å². The average molecular weight is 506 g/mol. The van der Waals surface area contributed by atoms with E-state index in [0.29, 0.717) is 0 Å². The van der Waals surface area contributed by atoms with E-state index in [-0.39, 0.29) is 29.9 Å². The van der Waals surface area contributed by atoms with Crippen molar-refractivity contribution in [2.24, 2.45) is 0 Å². The topological polar surface area (TPSA) is 45.2 Å². The maximum absolute atomic E-state index is 13.1. The summed E-state index contributed by atoms with van der Waals surface area (Å²) in [6, 6.07) is 14.3. The fourth-order valence-corrected chi connectivity index (χ4v) is 6.82. The predicted molar refractivity (Wildman–Crippen MR) is 136 cm³/mol. The van der Waals surface area contributed by atoms with Crippen LogP contribution in [-0.4, -0.2) is 35.1 Å². The number of hydrogen-bond donors (Lipinski definition) is 1. The molecule has 4 nitrogen and oxygen atoms in total. The number of amides is 1. The Morgan fingerprint density at radius 3 is 2.75 bits per heavy atom. The molecular weight excluding hydrogens is 485 g/mol. The monoisotopic (exact) mass is 505 g/mol. The van der Waals surface area contributed by atoms with Gasteiger partial charge in [-0.05, 0) is 55.4 Å². The van der Waals surface area contributed by atoms with Crippen molar-refractivity contribution in [1.82, 2.24) is 9.88 Å². The highest BCUT2D eigenvalue weighted by molar-refractivity contribution is 8.00. The Morgan fingerprint density at radius 1 is 1.19 bits per heavy atom. The number of halogens is 2. The van der Waals surface area contributed by atoms with Crippen LogP contribution in [0, 0.1) is 5.82 Å². The summed E-state index contributed by atoms with van der Waals surface area (Å²) in [5.74, 6) is -0.0695. The fraction of sp³-hybridized carbons (Fsp3) is 0.217. The molecule has 32 heavy (non-hydrogen) atoms. The number of carbonyl (C=O) groups is 1. The summed E-state index contributed by atoms with van der Waals surface area (Å²) < 4.78 is 14.2. The van der Waals surface area contributed by atoms with Gasteiger partial charge < -0.3 is 10.2 Å². The molecule has 0 radical (unpaired) electrons. The first-order valence-electron chi connectivity index (χ1n) is 9.94. The predicted octanol–water partition coefficient (Wildman–Crippen LogP) is 6.30. The first-order chi connectivity index (χ1) is 15.1. The molecule has 1 N–H and O–H groups in total. The lowest BCUT2D eigenvalue weighted by molar-refractivity contribution is -0.113. The zero-order valence-corrected chi connectivity index (χ0v) is 20.5. The molecule has 0 spiro atoms. The Bertz CT molecular complexity index is 1220. The second-order valence-electron chi connectivity index (χ2n) is 7.47. The van der Waals surface area contributed by atoms with Crippen molar-refractivity contribution < 1.29 is 9.18 Å². The average Bonchev–Trinajstić information content (AvgIpc) is 3.33. The molecule has 0 saturated carbocycles. The Labute approximate surface area is 204 Å². The van der Waals surface area contributed by atoms with E-state index in [2.05, 4.69) is 23.3 Å². The van der Waals surface area contributed by atoms with Gasteiger partial charge in [0.05, 0.1) is 16.0 Å². The number of thiophene rings is 1. The normalized spacial score (nSPS) is 13.6. The standard InChI is InChI=1S/C23H20FN3OS3.ClH/c1-27-11-10-16-19(12-27)31-23(21(16)22-25-17-4-2-3-5-18(17)30-22)26-20(28)13-29-15-8-6-14(24)7-9-15;/h2-9H,10-13H2,1H3,(H,26,28);1H. The number of carbonyl (C=O) groups excluding carboxylic acids is 1. The van der Waals surface area contributed by atoms with Crippen LogP contribution in [0.4, 0.5) is 9.39 Å². The molecule has 5 rings (SSSR count). The van der Waals surface area contributed by atoms with Crippen LogP contribution in [0.5, 0.6) is 0 Å². The van der Waals surface area contributed by atoms with E-state index in [9.17, 15) is 9.18 Å². The Hall–Kier alpha value is -1.97. The molecule has 0 saturated heterocycles. The lowest BCUT2D eigenvalue weighted by atomic mass is 10.0. The summed E-state index contributed by atoms with van der Waals surface area (Å²) in [5, 5.41) is 4.98. The van der Waals surface area contributed by atoms with Gasteiger partial charge in [-0.3, -0.25) is 4.79 Å². The highest BCUT2D eigenvalue weighted by Crippen LogP contribution is 2.45. The first-order valence-corrected chi connectivity index (χ1v) is 12.6. The number of aromatic nitrogens is 1. The smallest absolute Gasteiger partial charge is 0.235 e. The highest BCUT2D eigenvalue weighted by Gasteiger charge is 2.26. The van der Waals surface area contributed by atoms with Gasteiger partial charge >= 0.3 is 0 Å². The number of fused-ring (bicyclic) bond motifs is 2. The van der Waals surface area contributed by atoms with Crippen LogP contribution in [0.2, 0.25) is 0 Å². The van der Waals surface area contributed by atoms with Crippen LogP contribution in [-0.2, 0) is 17.8 Å². The van der Waals surface area contributed by atoms with Crippen LogP contribution in [0.3, 0.4) is 0 Å². The van der Waals surface area contributed by atoms with Gasteiger partial charge in [0.15, 0.2) is 0 Å². The van der Waals surface area contributed by atoms with Crippen molar-refractivity contribution in [3.05, 3.63) is 64.8 Å². The van der Waals surface area contributed by atoms with Gasteiger partial charge in [0.1, 0.15) is 15.8 Å². The number of rotatable bonds is 5. The number of thioether (sulfide) groups is 1. The second kappa shape index (κ2) is 9.89. The molecule has 3 heterocycles. The third-order valence-electron chi connectivity index (χ3n) is 5.19. The lowest BCUT2D eigenvalue weighted by Gasteiger charge is -2.22. The largest absolute Gasteiger partial charge is 0.316 e. The van der Waals surface area contributed by atoms with Crippen LogP contribution in [0.25, 0.3) is 20.8 Å². The van der Waals surface area contributed by atoms with Crippen LogP contribution in [0.15, 0.2) is 53.4 Å². The van der Waals surface area contributed by atoms with Gasteiger partial charge in [-0.15, -0.1) is 46.8 Å². The number of thiazole rings is 1. The highest BCUT2D eigenvalue weighted by atomic mass is 35.5. The van der Waals surface area contributed by atoms with E-state index in [1.807, 2.05) is 18.2 Å². The molecule has 1 amide bonds. The molecule has 1 aliphatic rings. The molecule has 4 aromatic rings. The van der Waals surface area contributed by atoms with E-state index in [1.165, 1.54) is 34.3 Å². The van der Waals surface area contributed by atoms with Crippen molar-refractivity contribution in [2.45, 2.75) is 17.9 Å². The lowest BCUT2D eigenvalue weighted by Crippen LogP contribution is -2.25. The fourth-order valence-electron chi connectivity index (χ4n) is 3.67. The summed E-state index contributed by atoms with van der Waals surface area (Å²) in [5.41, 5.74) is 3.37. The number of hydrogen-bond acceptors (Lipinski definition) is 6. The van der Waals surface area contributed by atoms with Crippen molar-refractivity contribution in [3.8, 4) is 10.6 Å². The van der Waals surface area contributed by atoms with Crippen molar-refractivity contribution in [1.29, 1.82) is 0 Å². The number of nitrogens with one attached hydrogen (secondary N) is 1. The van der Waals surface area contributed by atoms with Gasteiger partial charge in [0.25, 0.3) is 0 Å². The number of anilines is 1. The van der Waals surface area contributed by atoms with E-state index < -0.39 is 0 Å². The molecule has 0 atom stereocenters. The minimum absolute atomic E-state index is 0. The minimum atomic E-state index is -0.275. The Kier molecular flexibility index (Phi) is 7.17. The SMILES string of the molecule is CN1CCc2c(sc(NC(=O)CSc3ccc(F)cc3)c2-c2nc3ccccc3s2)C1.Cl. The van der Waals surface area contributed by atoms with Crippen molar-refractivity contribution in [2.75, 3.05) is 24.7 Å². The maximum Gasteiger partial charge on any atom is 0.235 e. The van der Waals surface area contributed by atoms with E-state index in [1.54, 1.807) is 34.8 Å². The van der Waals surface area contributed by atoms with Crippen LogP contribution >= 0.6 is 46.8 Å². The van der Waals surface area contributed by atoms with E-state index in [4.69, 9.17) is 4.98 Å². The summed E-state index contributed by atoms with van der Waals surface area (Å²) in [7, 11) is 2.12. The van der Waals surface area contributed by atoms with E-state index >= 15 is 0 Å². The summed E-state index contributed by atoms with van der Waals surface area (Å²) in [6.45, 7) is 1.88. The first kappa shape index (κ1) is 23.2. The third-order valence-corrected chi connectivity index (χ3v) is 8.39. The summed E-state index contributed by atoms with van der Waals surface area (Å²) >= 11 is 4.73. The number of para-hydroxylation sites is 1. The van der Waals surface area contributed by atoms with Gasteiger partial charge in [-0.25, -0.2) is 9.37 Å². The van der Waals surface area contributed by atoms with Crippen molar-refractivity contribution >= 4 is 68.0 Å². The Morgan fingerprint density at radius 2 is 1.97 bits per heavy atom. The molecule has 0 fully saturated rings. The van der Waals surface area contributed by atoms with Gasteiger partial charge in [-0.2, -0.15) is 0 Å².